The first-order chi connectivity index (χ1) is 8.31. The van der Waals surface area contributed by atoms with Crippen LogP contribution in [0.2, 0.25) is 0 Å². The molecule has 0 aliphatic carbocycles. The zero-order chi connectivity index (χ0) is 14.0. The zero-order valence-corrected chi connectivity index (χ0v) is 11.4. The largest absolute Gasteiger partial charge is 0.507 e. The van der Waals surface area contributed by atoms with Crippen molar-refractivity contribution in [3.05, 3.63) is 22.3 Å². The Bertz CT molecular complexity index is 515. The average molecular weight is 250 g/mol. The summed E-state index contributed by atoms with van der Waals surface area (Å²) < 4.78 is 5.19. The number of carbonyl (C=O) groups is 2. The molecule has 4 nitrogen and oxygen atoms in total. The van der Waals surface area contributed by atoms with E-state index in [0.29, 0.717) is 28.9 Å². The van der Waals surface area contributed by atoms with Crippen LogP contribution in [0.1, 0.15) is 47.8 Å². The molecule has 1 rings (SSSR count). The number of phenolic OH excluding ortho intramolecular Hbond substituents is 1. The molecule has 98 valence electrons. The first-order valence-corrected chi connectivity index (χ1v) is 5.85. The second kappa shape index (κ2) is 5.21. The first-order valence-electron chi connectivity index (χ1n) is 5.85. The van der Waals surface area contributed by atoms with Crippen molar-refractivity contribution in [3.8, 4) is 11.5 Å². The highest BCUT2D eigenvalue weighted by Gasteiger charge is 2.23. The van der Waals surface area contributed by atoms with Crippen molar-refractivity contribution in [2.24, 2.45) is 0 Å². The number of rotatable bonds is 3. The summed E-state index contributed by atoms with van der Waals surface area (Å²) >= 11 is 0. The highest BCUT2D eigenvalue weighted by atomic mass is 16.5. The summed E-state index contributed by atoms with van der Waals surface area (Å²) in [6.07, 6.45) is 0.506. The number of ketones is 1. The van der Waals surface area contributed by atoms with Crippen LogP contribution in [0.15, 0.2) is 0 Å². The number of ether oxygens (including phenoxy) is 1. The number of aromatic hydroxyl groups is 1. The molecule has 0 unspecified atom stereocenters. The standard InChI is InChI=1S/C14H18O4/c1-6-11-12(9(4)15)13(17)7(2)8(3)14(11)18-10(5)16/h17H,6H2,1-5H3. The summed E-state index contributed by atoms with van der Waals surface area (Å²) in [6.45, 7) is 8.01. The van der Waals surface area contributed by atoms with Crippen molar-refractivity contribution in [2.45, 2.75) is 41.0 Å². The SMILES string of the molecule is CCc1c(OC(C)=O)c(C)c(C)c(O)c1C(C)=O. The van der Waals surface area contributed by atoms with Gasteiger partial charge >= 0.3 is 5.97 Å². The van der Waals surface area contributed by atoms with Crippen LogP contribution in [0, 0.1) is 13.8 Å². The summed E-state index contributed by atoms with van der Waals surface area (Å²) in [5.41, 5.74) is 2.08. The number of Topliss-reactive ketones (excluding diaryl/α,β-unsaturated/α-hetero) is 1. The second-order valence-electron chi connectivity index (χ2n) is 4.28. The van der Waals surface area contributed by atoms with E-state index in [9.17, 15) is 14.7 Å². The maximum atomic E-state index is 11.6. The maximum absolute atomic E-state index is 11.6. The highest BCUT2D eigenvalue weighted by molar-refractivity contribution is 6.00. The minimum atomic E-state index is -0.438. The normalized spacial score (nSPS) is 10.3. The van der Waals surface area contributed by atoms with Gasteiger partial charge in [-0.05, 0) is 38.3 Å². The lowest BCUT2D eigenvalue weighted by Crippen LogP contribution is -2.10. The smallest absolute Gasteiger partial charge is 0.308 e. The highest BCUT2D eigenvalue weighted by Crippen LogP contribution is 2.38. The van der Waals surface area contributed by atoms with E-state index >= 15 is 0 Å². The van der Waals surface area contributed by atoms with E-state index in [-0.39, 0.29) is 17.1 Å². The Kier molecular flexibility index (Phi) is 4.11. The van der Waals surface area contributed by atoms with Crippen LogP contribution >= 0.6 is 0 Å². The van der Waals surface area contributed by atoms with E-state index in [1.807, 2.05) is 6.92 Å². The quantitative estimate of drug-likeness (QED) is 0.509. The van der Waals surface area contributed by atoms with Gasteiger partial charge in [-0.15, -0.1) is 0 Å². The zero-order valence-electron chi connectivity index (χ0n) is 11.4. The summed E-state index contributed by atoms with van der Waals surface area (Å²) in [5.74, 6) is -0.300. The Morgan fingerprint density at radius 3 is 2.11 bits per heavy atom. The molecule has 0 aliphatic rings. The molecule has 1 aromatic rings. The van der Waals surface area contributed by atoms with Crippen LogP contribution in [0.3, 0.4) is 0 Å². The monoisotopic (exact) mass is 250 g/mol. The Morgan fingerprint density at radius 2 is 1.72 bits per heavy atom. The molecule has 0 bridgehead atoms. The molecule has 0 heterocycles. The molecular weight excluding hydrogens is 232 g/mol. The third-order valence-corrected chi connectivity index (χ3v) is 3.02. The van der Waals surface area contributed by atoms with Crippen molar-refractivity contribution >= 4 is 11.8 Å². The van der Waals surface area contributed by atoms with Gasteiger partial charge in [0.25, 0.3) is 0 Å². The fourth-order valence-corrected chi connectivity index (χ4v) is 2.02. The molecule has 0 aliphatic heterocycles. The van der Waals surface area contributed by atoms with Crippen molar-refractivity contribution in [1.82, 2.24) is 0 Å². The fraction of sp³-hybridized carbons (Fsp3) is 0.429. The van der Waals surface area contributed by atoms with Crippen molar-refractivity contribution in [3.63, 3.8) is 0 Å². The van der Waals surface area contributed by atoms with Gasteiger partial charge in [0.2, 0.25) is 0 Å². The van der Waals surface area contributed by atoms with Crippen molar-refractivity contribution in [1.29, 1.82) is 0 Å². The summed E-state index contributed by atoms with van der Waals surface area (Å²) in [4.78, 5) is 22.8. The maximum Gasteiger partial charge on any atom is 0.308 e. The lowest BCUT2D eigenvalue weighted by molar-refractivity contribution is -0.132. The van der Waals surface area contributed by atoms with Gasteiger partial charge in [0, 0.05) is 12.5 Å². The molecule has 0 atom stereocenters. The van der Waals surface area contributed by atoms with Crippen molar-refractivity contribution in [2.75, 3.05) is 0 Å². The third-order valence-electron chi connectivity index (χ3n) is 3.02. The lowest BCUT2D eigenvalue weighted by atomic mass is 9.93. The number of hydrogen-bond acceptors (Lipinski definition) is 4. The Balaban J connectivity index is 3.68. The first kappa shape index (κ1) is 14.2. The van der Waals surface area contributed by atoms with E-state index < -0.39 is 5.97 Å². The van der Waals surface area contributed by atoms with Gasteiger partial charge in [-0.3, -0.25) is 9.59 Å². The topological polar surface area (TPSA) is 63.6 Å². The molecule has 18 heavy (non-hydrogen) atoms. The Morgan fingerprint density at radius 1 is 1.17 bits per heavy atom. The molecule has 0 saturated heterocycles. The molecule has 1 aromatic carbocycles. The fourth-order valence-electron chi connectivity index (χ4n) is 2.02. The van der Waals surface area contributed by atoms with Crippen LogP contribution in [0.25, 0.3) is 0 Å². The van der Waals surface area contributed by atoms with Gasteiger partial charge in [0.05, 0.1) is 5.56 Å². The van der Waals surface area contributed by atoms with Crippen LogP contribution in [0.5, 0.6) is 11.5 Å². The molecule has 1 N–H and O–H groups in total. The van der Waals surface area contributed by atoms with Gasteiger partial charge in [0.15, 0.2) is 5.78 Å². The van der Waals surface area contributed by atoms with Crippen LogP contribution in [-0.2, 0) is 11.2 Å². The van der Waals surface area contributed by atoms with Gasteiger partial charge in [-0.2, -0.15) is 0 Å². The summed E-state index contributed by atoms with van der Waals surface area (Å²) in [5, 5.41) is 10.1. The van der Waals surface area contributed by atoms with E-state index in [4.69, 9.17) is 4.74 Å². The van der Waals surface area contributed by atoms with Gasteiger partial charge in [-0.1, -0.05) is 6.92 Å². The van der Waals surface area contributed by atoms with Crippen LogP contribution in [-0.4, -0.2) is 16.9 Å². The number of esters is 1. The molecule has 0 saturated carbocycles. The molecule has 0 amide bonds. The number of hydrogen-bond donors (Lipinski definition) is 1. The second-order valence-corrected chi connectivity index (χ2v) is 4.28. The van der Waals surface area contributed by atoms with Crippen molar-refractivity contribution < 1.29 is 19.4 Å². The molecule has 0 radical (unpaired) electrons. The van der Waals surface area contributed by atoms with E-state index in [1.54, 1.807) is 13.8 Å². The number of benzene rings is 1. The van der Waals surface area contributed by atoms with E-state index in [1.165, 1.54) is 13.8 Å². The Hall–Kier alpha value is -1.84. The Labute approximate surface area is 107 Å². The minimum Gasteiger partial charge on any atom is -0.507 e. The molecular formula is C14H18O4. The number of phenols is 1. The molecule has 0 fully saturated rings. The minimum absolute atomic E-state index is 0.0206. The average Bonchev–Trinajstić information content (AvgIpc) is 2.28. The van der Waals surface area contributed by atoms with E-state index in [0.717, 1.165) is 0 Å². The summed E-state index contributed by atoms with van der Waals surface area (Å²) in [6, 6.07) is 0. The van der Waals surface area contributed by atoms with Gasteiger partial charge in [0.1, 0.15) is 11.5 Å². The van der Waals surface area contributed by atoms with Crippen LogP contribution in [0.4, 0.5) is 0 Å². The van der Waals surface area contributed by atoms with Gasteiger partial charge < -0.3 is 9.84 Å². The van der Waals surface area contributed by atoms with E-state index in [2.05, 4.69) is 0 Å². The predicted molar refractivity (Wildman–Crippen MR) is 68.3 cm³/mol. The molecule has 0 spiro atoms. The molecule has 0 aromatic heterocycles. The van der Waals surface area contributed by atoms with Gasteiger partial charge in [-0.25, -0.2) is 0 Å². The predicted octanol–water partition coefficient (Wildman–Crippen LogP) is 2.70. The third kappa shape index (κ3) is 2.37. The lowest BCUT2D eigenvalue weighted by Gasteiger charge is -2.18. The summed E-state index contributed by atoms with van der Waals surface area (Å²) in [7, 11) is 0. The molecule has 4 heteroatoms. The number of carbonyl (C=O) groups excluding carboxylic acids is 2. The van der Waals surface area contributed by atoms with Crippen LogP contribution < -0.4 is 4.74 Å².